The van der Waals surface area contributed by atoms with Gasteiger partial charge in [-0.3, -0.25) is 4.79 Å². The van der Waals surface area contributed by atoms with Crippen molar-refractivity contribution in [1.82, 2.24) is 13.9 Å². The second-order valence-corrected chi connectivity index (χ2v) is 10.4. The molecule has 33 heavy (non-hydrogen) atoms. The van der Waals surface area contributed by atoms with E-state index < -0.39 is 10.0 Å². The van der Waals surface area contributed by atoms with Crippen molar-refractivity contribution in [2.45, 2.75) is 30.4 Å². The average molecular weight is 490 g/mol. The fraction of sp³-hybridized carbons (Fsp3) is 0.391. The molecule has 1 aliphatic rings. The number of thioether (sulfide) groups is 1. The SMILES string of the molecule is CCOc1ccc(C(=O)CSc2nc3cc(S(=O)(=O)N4CCOCC4)ccc3n2CC)cc1. The number of carbonyl (C=O) groups excluding carboxylic acids is 1. The van der Waals surface area contributed by atoms with Crippen LogP contribution in [0.25, 0.3) is 11.0 Å². The third-order valence-electron chi connectivity index (χ3n) is 5.43. The van der Waals surface area contributed by atoms with Crippen LogP contribution in [0.2, 0.25) is 0 Å². The van der Waals surface area contributed by atoms with Gasteiger partial charge < -0.3 is 14.0 Å². The zero-order valence-corrected chi connectivity index (χ0v) is 20.3. The van der Waals surface area contributed by atoms with Crippen molar-refractivity contribution in [2.24, 2.45) is 0 Å². The van der Waals surface area contributed by atoms with Gasteiger partial charge in [-0.1, -0.05) is 11.8 Å². The highest BCUT2D eigenvalue weighted by molar-refractivity contribution is 7.99. The molecule has 1 fully saturated rings. The van der Waals surface area contributed by atoms with E-state index in [-0.39, 0.29) is 16.4 Å². The summed E-state index contributed by atoms with van der Waals surface area (Å²) in [5, 5.41) is 0.688. The summed E-state index contributed by atoms with van der Waals surface area (Å²) >= 11 is 1.35. The Kier molecular flexibility index (Phi) is 7.38. The Morgan fingerprint density at radius 3 is 2.52 bits per heavy atom. The van der Waals surface area contributed by atoms with E-state index in [0.29, 0.717) is 55.7 Å². The molecule has 2 heterocycles. The lowest BCUT2D eigenvalue weighted by Crippen LogP contribution is -2.40. The summed E-state index contributed by atoms with van der Waals surface area (Å²) in [6.45, 7) is 6.63. The molecule has 0 unspecified atom stereocenters. The number of fused-ring (bicyclic) bond motifs is 1. The lowest BCUT2D eigenvalue weighted by atomic mass is 10.1. The van der Waals surface area contributed by atoms with Gasteiger partial charge in [0.05, 0.1) is 41.5 Å². The summed E-state index contributed by atoms with van der Waals surface area (Å²) in [6, 6.07) is 12.1. The number of hydrogen-bond acceptors (Lipinski definition) is 7. The lowest BCUT2D eigenvalue weighted by molar-refractivity contribution is 0.0730. The molecule has 0 bridgehead atoms. The van der Waals surface area contributed by atoms with Crippen LogP contribution in [0.5, 0.6) is 5.75 Å². The number of ketones is 1. The van der Waals surface area contributed by atoms with E-state index in [9.17, 15) is 13.2 Å². The minimum absolute atomic E-state index is 0.00616. The summed E-state index contributed by atoms with van der Waals surface area (Å²) in [6.07, 6.45) is 0. The van der Waals surface area contributed by atoms with Gasteiger partial charge in [0, 0.05) is 25.2 Å². The first-order chi connectivity index (χ1) is 15.9. The molecule has 0 radical (unpaired) electrons. The fourth-order valence-corrected chi connectivity index (χ4v) is 6.12. The van der Waals surface area contributed by atoms with Gasteiger partial charge in [-0.15, -0.1) is 0 Å². The number of Topliss-reactive ketones (excluding diaryl/α,β-unsaturated/α-hetero) is 1. The number of benzene rings is 2. The maximum absolute atomic E-state index is 13.0. The van der Waals surface area contributed by atoms with Crippen molar-refractivity contribution >= 4 is 38.6 Å². The van der Waals surface area contributed by atoms with Gasteiger partial charge in [-0.25, -0.2) is 13.4 Å². The van der Waals surface area contributed by atoms with Crippen LogP contribution in [0.4, 0.5) is 0 Å². The summed E-state index contributed by atoms with van der Waals surface area (Å²) in [5.74, 6) is 0.960. The van der Waals surface area contributed by atoms with Gasteiger partial charge in [0.15, 0.2) is 10.9 Å². The Balaban J connectivity index is 1.53. The molecule has 0 saturated carbocycles. The normalized spacial score (nSPS) is 15.1. The van der Waals surface area contributed by atoms with Crippen LogP contribution in [0.1, 0.15) is 24.2 Å². The number of imidazole rings is 1. The minimum atomic E-state index is -3.60. The number of carbonyl (C=O) groups is 1. The molecule has 2 aromatic carbocycles. The van der Waals surface area contributed by atoms with E-state index >= 15 is 0 Å². The zero-order chi connectivity index (χ0) is 23.4. The zero-order valence-electron chi connectivity index (χ0n) is 18.7. The van der Waals surface area contributed by atoms with Crippen molar-refractivity contribution in [1.29, 1.82) is 0 Å². The maximum atomic E-state index is 13.0. The quantitative estimate of drug-likeness (QED) is 0.336. The molecule has 1 aliphatic heterocycles. The summed E-state index contributed by atoms with van der Waals surface area (Å²) in [5.41, 5.74) is 2.06. The fourth-order valence-electron chi connectivity index (χ4n) is 3.72. The Morgan fingerprint density at radius 1 is 1.12 bits per heavy atom. The predicted octanol–water partition coefficient (Wildman–Crippen LogP) is 3.45. The minimum Gasteiger partial charge on any atom is -0.494 e. The third-order valence-corrected chi connectivity index (χ3v) is 8.30. The van der Waals surface area contributed by atoms with E-state index in [2.05, 4.69) is 4.98 Å². The summed E-state index contributed by atoms with van der Waals surface area (Å²) in [4.78, 5) is 17.5. The molecule has 3 aromatic rings. The Bertz CT molecular complexity index is 1230. The number of rotatable bonds is 9. The standard InChI is InChI=1S/C23H27N3O5S2/c1-3-26-21-10-9-19(33(28,29)25-11-13-30-14-12-25)15-20(21)24-23(26)32-16-22(27)17-5-7-18(8-6-17)31-4-2/h5-10,15H,3-4,11-14,16H2,1-2H3. The molecule has 0 spiro atoms. The molecule has 10 heteroatoms. The highest BCUT2D eigenvalue weighted by Crippen LogP contribution is 2.28. The van der Waals surface area contributed by atoms with Crippen molar-refractivity contribution < 1.29 is 22.7 Å². The van der Waals surface area contributed by atoms with Crippen LogP contribution in [-0.4, -0.2) is 66.7 Å². The second kappa shape index (κ2) is 10.3. The van der Waals surface area contributed by atoms with Crippen molar-refractivity contribution in [3.05, 3.63) is 48.0 Å². The van der Waals surface area contributed by atoms with Gasteiger partial charge >= 0.3 is 0 Å². The van der Waals surface area contributed by atoms with E-state index in [1.807, 2.05) is 18.4 Å². The van der Waals surface area contributed by atoms with E-state index in [1.54, 1.807) is 42.5 Å². The number of aryl methyl sites for hydroxylation is 1. The molecular formula is C23H27N3O5S2. The molecule has 1 saturated heterocycles. The number of nitrogens with zero attached hydrogens (tertiary/aromatic N) is 3. The van der Waals surface area contributed by atoms with Crippen molar-refractivity contribution in [3.63, 3.8) is 0 Å². The summed E-state index contributed by atoms with van der Waals surface area (Å²) in [7, 11) is -3.60. The number of sulfonamides is 1. The highest BCUT2D eigenvalue weighted by atomic mass is 32.2. The molecule has 0 amide bonds. The smallest absolute Gasteiger partial charge is 0.243 e. The topological polar surface area (TPSA) is 90.7 Å². The maximum Gasteiger partial charge on any atom is 0.243 e. The monoisotopic (exact) mass is 489 g/mol. The first-order valence-corrected chi connectivity index (χ1v) is 13.3. The second-order valence-electron chi connectivity index (χ2n) is 7.47. The lowest BCUT2D eigenvalue weighted by Gasteiger charge is -2.26. The van der Waals surface area contributed by atoms with Crippen LogP contribution < -0.4 is 4.74 Å². The first kappa shape index (κ1) is 23.7. The van der Waals surface area contributed by atoms with Crippen molar-refractivity contribution in [2.75, 3.05) is 38.7 Å². The van der Waals surface area contributed by atoms with Gasteiger partial charge in [0.2, 0.25) is 10.0 Å². The van der Waals surface area contributed by atoms with Crippen LogP contribution in [0, 0.1) is 0 Å². The van der Waals surface area contributed by atoms with E-state index in [4.69, 9.17) is 9.47 Å². The van der Waals surface area contributed by atoms with Gasteiger partial charge in [0.1, 0.15) is 5.75 Å². The van der Waals surface area contributed by atoms with Crippen LogP contribution >= 0.6 is 11.8 Å². The van der Waals surface area contributed by atoms with Crippen LogP contribution in [0.15, 0.2) is 52.5 Å². The third kappa shape index (κ3) is 5.08. The first-order valence-electron chi connectivity index (χ1n) is 10.9. The number of ether oxygens (including phenoxy) is 2. The molecule has 0 aliphatic carbocycles. The van der Waals surface area contributed by atoms with Gasteiger partial charge in [0.25, 0.3) is 0 Å². The number of aromatic nitrogens is 2. The van der Waals surface area contributed by atoms with Crippen LogP contribution in [0.3, 0.4) is 0 Å². The molecular weight excluding hydrogens is 462 g/mol. The molecule has 0 atom stereocenters. The molecule has 8 nitrogen and oxygen atoms in total. The molecule has 176 valence electrons. The van der Waals surface area contributed by atoms with E-state index in [0.717, 1.165) is 11.3 Å². The van der Waals surface area contributed by atoms with E-state index in [1.165, 1.54) is 16.1 Å². The Hall–Kier alpha value is -2.40. The van der Waals surface area contributed by atoms with Gasteiger partial charge in [-0.2, -0.15) is 4.31 Å². The average Bonchev–Trinajstić information content (AvgIpc) is 3.20. The summed E-state index contributed by atoms with van der Waals surface area (Å²) < 4.78 is 40.1. The molecule has 0 N–H and O–H groups in total. The predicted molar refractivity (Wildman–Crippen MR) is 128 cm³/mol. The van der Waals surface area contributed by atoms with Crippen LogP contribution in [-0.2, 0) is 21.3 Å². The van der Waals surface area contributed by atoms with Gasteiger partial charge in [-0.05, 0) is 56.3 Å². The number of morpholine rings is 1. The Morgan fingerprint density at radius 2 is 1.85 bits per heavy atom. The largest absolute Gasteiger partial charge is 0.494 e. The number of hydrogen-bond donors (Lipinski definition) is 0. The molecule has 1 aromatic heterocycles. The Labute approximate surface area is 197 Å². The molecule has 4 rings (SSSR count). The van der Waals surface area contributed by atoms with Crippen molar-refractivity contribution in [3.8, 4) is 5.75 Å². The highest BCUT2D eigenvalue weighted by Gasteiger charge is 2.27.